The van der Waals surface area contributed by atoms with Crippen LogP contribution in [0.4, 0.5) is 0 Å². The van der Waals surface area contributed by atoms with Crippen LogP contribution in [-0.2, 0) is 10.8 Å². The van der Waals surface area contributed by atoms with Crippen LogP contribution in [0.5, 0.6) is 5.75 Å². The van der Waals surface area contributed by atoms with Crippen molar-refractivity contribution in [1.29, 1.82) is 0 Å². The number of aromatic nitrogens is 2. The molecule has 0 atom stereocenters. The summed E-state index contributed by atoms with van der Waals surface area (Å²) in [5, 5.41) is 5.55. The Morgan fingerprint density at radius 2 is 0.959 bits per heavy atom. The summed E-state index contributed by atoms with van der Waals surface area (Å²) in [6.07, 6.45) is 16.9. The van der Waals surface area contributed by atoms with Crippen LogP contribution in [0.25, 0.3) is 93.8 Å². The fourth-order valence-electron chi connectivity index (χ4n) is 19.3. The highest BCUT2D eigenvalue weighted by atomic mass is 16.5. The molecule has 0 radical (unpaired) electrons. The summed E-state index contributed by atoms with van der Waals surface area (Å²) < 4.78 is 12.5. The van der Waals surface area contributed by atoms with Crippen molar-refractivity contribution in [3.63, 3.8) is 0 Å². The molecule has 3 nitrogen and oxygen atoms in total. The van der Waals surface area contributed by atoms with Crippen molar-refractivity contribution in [1.82, 2.24) is 9.05 Å². The van der Waals surface area contributed by atoms with E-state index < -0.39 is 0 Å². The second-order valence-corrected chi connectivity index (χ2v) is 25.2. The Kier molecular flexibility index (Phi) is 7.96. The molecule has 0 amide bonds. The van der Waals surface area contributed by atoms with Crippen molar-refractivity contribution in [2.24, 2.45) is 35.5 Å². The van der Waals surface area contributed by atoms with Gasteiger partial charge >= 0.3 is 6.85 Å². The Morgan fingerprint density at radius 1 is 0.438 bits per heavy atom. The summed E-state index contributed by atoms with van der Waals surface area (Å²) in [4.78, 5) is 0. The lowest BCUT2D eigenvalue weighted by molar-refractivity contribution is -0.00527. The molecular weight excluding hydrogens is 884 g/mol. The number of hydrogen-bond donors (Lipinski definition) is 0. The summed E-state index contributed by atoms with van der Waals surface area (Å²) >= 11 is 0. The Labute approximate surface area is 428 Å². The first-order valence-corrected chi connectivity index (χ1v) is 28.1. The molecule has 10 aliphatic rings. The SMILES string of the molecule is COc1c(-c2ccccc2)cc2c3c1-c1cc(C45CC6CC(CC(C6)C4)C5)cc4c5cc(C67CC8CC(CC(C8)C6)C7)ccc5n(c14)B3c1cc(-c3ccccc3)cc3c4cc(-c5ccccc5)ccc4n-2c13. The number of methoxy groups -OCH3 is 1. The number of benzene rings is 8. The zero-order valence-electron chi connectivity index (χ0n) is 41.8. The first-order chi connectivity index (χ1) is 36.0. The predicted octanol–water partition coefficient (Wildman–Crippen LogP) is 15.8. The quantitative estimate of drug-likeness (QED) is 0.152. The Hall–Kier alpha value is -6.78. The van der Waals surface area contributed by atoms with Gasteiger partial charge in [0.1, 0.15) is 5.75 Å². The van der Waals surface area contributed by atoms with Crippen LogP contribution in [0.2, 0.25) is 0 Å². The molecule has 4 heterocycles. The minimum Gasteiger partial charge on any atom is -0.495 e. The first-order valence-electron chi connectivity index (χ1n) is 28.1. The zero-order valence-corrected chi connectivity index (χ0v) is 41.8. The Morgan fingerprint density at radius 3 is 1.58 bits per heavy atom. The largest absolute Gasteiger partial charge is 0.495 e. The van der Waals surface area contributed by atoms with Gasteiger partial charge in [-0.2, -0.15) is 0 Å². The Balaban J connectivity index is 1.000. The first kappa shape index (κ1) is 40.7. The number of hydrogen-bond acceptors (Lipinski definition) is 1. The van der Waals surface area contributed by atoms with Gasteiger partial charge in [-0.05, 0) is 222 Å². The zero-order chi connectivity index (χ0) is 47.5. The summed E-state index contributed by atoms with van der Waals surface area (Å²) in [7, 11) is 1.94. The highest BCUT2D eigenvalue weighted by molar-refractivity contribution is 6.90. The van der Waals surface area contributed by atoms with Crippen molar-refractivity contribution >= 4 is 61.4 Å². The van der Waals surface area contributed by atoms with Crippen LogP contribution in [0, 0.1) is 35.5 Å². The van der Waals surface area contributed by atoms with Gasteiger partial charge in [0, 0.05) is 55.0 Å². The van der Waals surface area contributed by atoms with Crippen LogP contribution < -0.4 is 15.7 Å². The van der Waals surface area contributed by atoms with E-state index in [1.54, 1.807) is 11.1 Å². The minimum atomic E-state index is -0.0800. The van der Waals surface area contributed by atoms with Gasteiger partial charge in [-0.1, -0.05) is 109 Å². The van der Waals surface area contributed by atoms with Gasteiger partial charge in [0.15, 0.2) is 0 Å². The summed E-state index contributed by atoms with van der Waals surface area (Å²) in [5.41, 5.74) is 23.2. The third kappa shape index (κ3) is 5.43. The molecule has 0 N–H and O–H groups in total. The van der Waals surface area contributed by atoms with Crippen LogP contribution in [0.3, 0.4) is 0 Å². The molecule has 8 fully saturated rings. The molecule has 2 aromatic heterocycles. The van der Waals surface area contributed by atoms with E-state index in [4.69, 9.17) is 4.74 Å². The highest BCUT2D eigenvalue weighted by Gasteiger charge is 2.54. The van der Waals surface area contributed by atoms with Gasteiger partial charge in [-0.15, -0.1) is 0 Å². The second-order valence-electron chi connectivity index (χ2n) is 25.2. The van der Waals surface area contributed by atoms with Gasteiger partial charge < -0.3 is 13.8 Å². The fourth-order valence-corrected chi connectivity index (χ4v) is 19.3. The smallest absolute Gasteiger partial charge is 0.333 e. The molecule has 0 saturated heterocycles. The Bertz CT molecular complexity index is 3960. The monoisotopic (exact) mass is 942 g/mol. The molecule has 20 rings (SSSR count). The molecule has 8 aliphatic carbocycles. The maximum atomic E-state index is 7.01. The molecule has 8 aromatic carbocycles. The van der Waals surface area contributed by atoms with Crippen molar-refractivity contribution < 1.29 is 4.74 Å². The van der Waals surface area contributed by atoms with Gasteiger partial charge in [0.2, 0.25) is 0 Å². The maximum Gasteiger partial charge on any atom is 0.333 e. The number of ether oxygens (including phenoxy) is 1. The average molecular weight is 943 g/mol. The highest BCUT2D eigenvalue weighted by Crippen LogP contribution is 2.64. The van der Waals surface area contributed by atoms with Crippen LogP contribution in [0.1, 0.15) is 88.2 Å². The van der Waals surface area contributed by atoms with E-state index in [0.717, 1.165) is 46.8 Å². The average Bonchev–Trinajstić information content (AvgIpc) is 3.93. The van der Waals surface area contributed by atoms with E-state index in [1.165, 1.54) is 176 Å². The lowest BCUT2D eigenvalue weighted by Crippen LogP contribution is -2.55. The van der Waals surface area contributed by atoms with E-state index in [9.17, 15) is 0 Å². The van der Waals surface area contributed by atoms with Crippen molar-refractivity contribution in [2.75, 3.05) is 7.11 Å². The van der Waals surface area contributed by atoms with Crippen LogP contribution in [-0.4, -0.2) is 23.0 Å². The van der Waals surface area contributed by atoms with Crippen LogP contribution in [0.15, 0.2) is 158 Å². The standard InChI is InChI=1S/C69H59BN2O/c1-73-67-53(48-15-9-4-10-16-48)33-62-64-63(67)58-32-52(69-37-43-24-44(38-69)26-45(25-43)39-69)31-57-55-30-51(68-34-40-21-41(35-68)23-42(22-40)36-68)18-20-61(55)72(65(57)58)70(64)59-29-50(47-13-7-3-8-14-47)28-56-54-27-49(46-11-5-2-6-12-46)17-19-60(54)71(62)66(56)59/h2-20,27-33,40-45H,21-26,34-39H2,1H3. The minimum absolute atomic E-state index is 0.0800. The topological polar surface area (TPSA) is 19.1 Å². The van der Waals surface area contributed by atoms with E-state index >= 15 is 0 Å². The van der Waals surface area contributed by atoms with E-state index in [0.29, 0.717) is 5.41 Å². The van der Waals surface area contributed by atoms with Gasteiger partial charge in [0.25, 0.3) is 0 Å². The maximum absolute atomic E-state index is 7.01. The third-order valence-electron chi connectivity index (χ3n) is 21.2. The normalized spacial score (nSPS) is 27.5. The summed E-state index contributed by atoms with van der Waals surface area (Å²) in [6, 6.07) is 61.7. The van der Waals surface area contributed by atoms with E-state index in [-0.39, 0.29) is 12.3 Å². The van der Waals surface area contributed by atoms with Crippen molar-refractivity contribution in [2.45, 2.75) is 87.9 Å². The van der Waals surface area contributed by atoms with Crippen molar-refractivity contribution in [3.05, 3.63) is 169 Å². The van der Waals surface area contributed by atoms with Crippen molar-refractivity contribution in [3.8, 4) is 55.9 Å². The molecule has 0 spiro atoms. The number of rotatable bonds is 6. The van der Waals surface area contributed by atoms with E-state index in [2.05, 4.69) is 167 Å². The predicted molar refractivity (Wildman–Crippen MR) is 302 cm³/mol. The molecule has 8 bridgehead atoms. The lowest BCUT2D eigenvalue weighted by atomic mass is 9.45. The lowest BCUT2D eigenvalue weighted by Gasteiger charge is -2.57. The second kappa shape index (κ2) is 14.3. The summed E-state index contributed by atoms with van der Waals surface area (Å²) in [6.45, 7) is -0.0800. The summed E-state index contributed by atoms with van der Waals surface area (Å²) in [5.74, 6) is 6.28. The number of nitrogens with zero attached hydrogens (tertiary/aromatic N) is 2. The van der Waals surface area contributed by atoms with Gasteiger partial charge in [0.05, 0.1) is 18.1 Å². The van der Waals surface area contributed by atoms with E-state index in [1.807, 2.05) is 7.11 Å². The fraction of sp³-hybridized carbons (Fsp3) is 0.304. The molecular formula is C69H59BN2O. The molecule has 0 unspecified atom stereocenters. The number of fused-ring (bicyclic) bond motifs is 10. The molecule has 354 valence electrons. The van der Waals surface area contributed by atoms with Gasteiger partial charge in [-0.3, -0.25) is 0 Å². The van der Waals surface area contributed by atoms with Gasteiger partial charge in [-0.25, -0.2) is 0 Å². The molecule has 73 heavy (non-hydrogen) atoms. The third-order valence-corrected chi connectivity index (χ3v) is 21.2. The molecule has 2 aliphatic heterocycles. The molecule has 10 aromatic rings. The molecule has 8 saturated carbocycles. The van der Waals surface area contributed by atoms with Crippen LogP contribution >= 0.6 is 0 Å². The molecule has 4 heteroatoms.